The standard InChI is InChI=1S/C20H20F3N5O2/c21-20(22,23)13-2-4-17(27-10-13)30-14-5-8-28(11-14)16-3-1-12(9-15(16)18(24)29)19-25-6-7-26-19/h1-4,9-10,14H,5-8,11H2,(H2,24,29)(H,25,26). The van der Waals surface area contributed by atoms with Gasteiger partial charge < -0.3 is 20.7 Å². The molecule has 158 valence electrons. The summed E-state index contributed by atoms with van der Waals surface area (Å²) < 4.78 is 43.7. The van der Waals surface area contributed by atoms with Crippen LogP contribution in [0.1, 0.15) is 27.9 Å². The zero-order valence-corrected chi connectivity index (χ0v) is 15.9. The number of benzene rings is 1. The molecule has 2 aliphatic heterocycles. The predicted octanol–water partition coefficient (Wildman–Crippen LogP) is 2.21. The SMILES string of the molecule is NC(=O)c1cc(C2=NCCN2)ccc1N1CCC(Oc2ccc(C(F)(F)F)cn2)C1. The summed E-state index contributed by atoms with van der Waals surface area (Å²) in [6, 6.07) is 7.59. The summed E-state index contributed by atoms with van der Waals surface area (Å²) in [4.78, 5) is 22.1. The molecule has 2 aliphatic rings. The molecule has 30 heavy (non-hydrogen) atoms. The zero-order valence-electron chi connectivity index (χ0n) is 15.9. The summed E-state index contributed by atoms with van der Waals surface area (Å²) in [5.41, 5.74) is 6.65. The van der Waals surface area contributed by atoms with Gasteiger partial charge in [0.25, 0.3) is 5.91 Å². The first-order valence-electron chi connectivity index (χ1n) is 9.48. The second kappa shape index (κ2) is 7.85. The molecule has 1 atom stereocenters. The second-order valence-corrected chi connectivity index (χ2v) is 7.11. The molecule has 0 spiro atoms. The van der Waals surface area contributed by atoms with Crippen LogP contribution in [0.25, 0.3) is 0 Å². The molecule has 10 heteroatoms. The van der Waals surface area contributed by atoms with Crippen molar-refractivity contribution in [3.05, 3.63) is 53.2 Å². The minimum atomic E-state index is -4.44. The Balaban J connectivity index is 1.47. The Morgan fingerprint density at radius 1 is 1.27 bits per heavy atom. The lowest BCUT2D eigenvalue weighted by Gasteiger charge is -2.22. The van der Waals surface area contributed by atoms with Crippen molar-refractivity contribution in [1.82, 2.24) is 10.3 Å². The van der Waals surface area contributed by atoms with Crippen LogP contribution in [0.15, 0.2) is 41.5 Å². The van der Waals surface area contributed by atoms with Crippen LogP contribution in [0.2, 0.25) is 0 Å². The number of aliphatic imine (C=N–C) groups is 1. The van der Waals surface area contributed by atoms with Crippen molar-refractivity contribution in [3.8, 4) is 5.88 Å². The average molecular weight is 419 g/mol. The number of halogens is 3. The predicted molar refractivity (Wildman–Crippen MR) is 105 cm³/mol. The number of amides is 1. The lowest BCUT2D eigenvalue weighted by Crippen LogP contribution is -2.28. The minimum Gasteiger partial charge on any atom is -0.472 e. The van der Waals surface area contributed by atoms with Crippen molar-refractivity contribution in [3.63, 3.8) is 0 Å². The monoisotopic (exact) mass is 419 g/mol. The Hall–Kier alpha value is -3.30. The van der Waals surface area contributed by atoms with Crippen LogP contribution in [0.5, 0.6) is 5.88 Å². The van der Waals surface area contributed by atoms with Gasteiger partial charge in [0, 0.05) is 43.0 Å². The Bertz CT molecular complexity index is 975. The summed E-state index contributed by atoms with van der Waals surface area (Å²) in [6.45, 7) is 2.52. The number of amidine groups is 1. The van der Waals surface area contributed by atoms with E-state index in [1.54, 1.807) is 6.07 Å². The average Bonchev–Trinajstić information content (AvgIpc) is 3.39. The first-order valence-corrected chi connectivity index (χ1v) is 9.48. The van der Waals surface area contributed by atoms with E-state index in [0.717, 1.165) is 30.2 Å². The molecule has 0 bridgehead atoms. The Morgan fingerprint density at radius 2 is 2.10 bits per heavy atom. The smallest absolute Gasteiger partial charge is 0.417 e. The fourth-order valence-corrected chi connectivity index (χ4v) is 3.58. The maximum atomic E-state index is 12.7. The topological polar surface area (TPSA) is 92.8 Å². The number of primary amides is 1. The molecule has 1 aromatic heterocycles. The van der Waals surface area contributed by atoms with Crippen molar-refractivity contribution >= 4 is 17.4 Å². The fourth-order valence-electron chi connectivity index (χ4n) is 3.58. The van der Waals surface area contributed by atoms with Gasteiger partial charge in [-0.1, -0.05) is 0 Å². The molecule has 1 unspecified atom stereocenters. The number of hydrogen-bond acceptors (Lipinski definition) is 6. The third-order valence-corrected chi connectivity index (χ3v) is 5.05. The molecule has 0 aliphatic carbocycles. The van der Waals surface area contributed by atoms with Crippen LogP contribution in [-0.4, -0.2) is 49.0 Å². The fraction of sp³-hybridized carbons (Fsp3) is 0.350. The number of carbonyl (C=O) groups is 1. The van der Waals surface area contributed by atoms with Crippen molar-refractivity contribution in [2.24, 2.45) is 10.7 Å². The molecular formula is C20H20F3N5O2. The van der Waals surface area contributed by atoms with Crippen LogP contribution in [0.4, 0.5) is 18.9 Å². The van der Waals surface area contributed by atoms with Gasteiger partial charge in [-0.25, -0.2) is 4.98 Å². The molecule has 1 fully saturated rings. The van der Waals surface area contributed by atoms with Gasteiger partial charge in [0.15, 0.2) is 0 Å². The number of nitrogens with two attached hydrogens (primary N) is 1. The third kappa shape index (κ3) is 4.17. The number of hydrogen-bond donors (Lipinski definition) is 2. The highest BCUT2D eigenvalue weighted by Crippen LogP contribution is 2.30. The van der Waals surface area contributed by atoms with Crippen molar-refractivity contribution in [2.75, 3.05) is 31.1 Å². The lowest BCUT2D eigenvalue weighted by molar-refractivity contribution is -0.137. The number of aromatic nitrogens is 1. The van der Waals surface area contributed by atoms with Crippen molar-refractivity contribution in [1.29, 1.82) is 0 Å². The minimum absolute atomic E-state index is 0.130. The third-order valence-electron chi connectivity index (χ3n) is 5.05. The number of nitrogens with one attached hydrogen (secondary N) is 1. The van der Waals surface area contributed by atoms with Gasteiger partial charge in [-0.05, 0) is 24.3 Å². The molecule has 0 radical (unpaired) electrons. The van der Waals surface area contributed by atoms with E-state index in [9.17, 15) is 18.0 Å². The van der Waals surface area contributed by atoms with Gasteiger partial charge in [-0.2, -0.15) is 13.2 Å². The summed E-state index contributed by atoms with van der Waals surface area (Å²) in [7, 11) is 0. The molecule has 1 amide bonds. The summed E-state index contributed by atoms with van der Waals surface area (Å²) in [5, 5.41) is 3.16. The molecule has 3 heterocycles. The lowest BCUT2D eigenvalue weighted by atomic mass is 10.1. The number of carbonyl (C=O) groups excluding carboxylic acids is 1. The van der Waals surface area contributed by atoms with E-state index < -0.39 is 17.6 Å². The molecule has 1 aromatic carbocycles. The number of ether oxygens (including phenoxy) is 1. The van der Waals surface area contributed by atoms with Crippen LogP contribution >= 0.6 is 0 Å². The first kappa shape index (κ1) is 20.0. The molecule has 7 nitrogen and oxygen atoms in total. The highest BCUT2D eigenvalue weighted by molar-refractivity contribution is 6.05. The first-order chi connectivity index (χ1) is 14.3. The van der Waals surface area contributed by atoms with Crippen molar-refractivity contribution < 1.29 is 22.7 Å². The molecule has 3 N–H and O–H groups in total. The Kier molecular flexibility index (Phi) is 5.23. The van der Waals surface area contributed by atoms with Gasteiger partial charge in [0.1, 0.15) is 11.9 Å². The molecule has 0 saturated carbocycles. The number of nitrogens with zero attached hydrogens (tertiary/aromatic N) is 3. The van der Waals surface area contributed by atoms with E-state index in [0.29, 0.717) is 37.3 Å². The maximum Gasteiger partial charge on any atom is 0.417 e. The summed E-state index contributed by atoms with van der Waals surface area (Å²) >= 11 is 0. The molecular weight excluding hydrogens is 399 g/mol. The highest BCUT2D eigenvalue weighted by atomic mass is 19.4. The largest absolute Gasteiger partial charge is 0.472 e. The van der Waals surface area contributed by atoms with Gasteiger partial charge in [0.05, 0.1) is 24.2 Å². The van der Waals surface area contributed by atoms with E-state index in [2.05, 4.69) is 15.3 Å². The van der Waals surface area contributed by atoms with Crippen LogP contribution in [-0.2, 0) is 6.18 Å². The molecule has 4 rings (SSSR count). The number of anilines is 1. The molecule has 2 aromatic rings. The number of alkyl halides is 3. The molecule has 1 saturated heterocycles. The van der Waals surface area contributed by atoms with E-state index >= 15 is 0 Å². The Labute approximate surface area is 170 Å². The number of pyridine rings is 1. The van der Waals surface area contributed by atoms with Gasteiger partial charge in [-0.15, -0.1) is 0 Å². The van der Waals surface area contributed by atoms with Crippen molar-refractivity contribution in [2.45, 2.75) is 18.7 Å². The van der Waals surface area contributed by atoms with Crippen LogP contribution in [0, 0.1) is 0 Å². The van der Waals surface area contributed by atoms with E-state index in [4.69, 9.17) is 10.5 Å². The summed E-state index contributed by atoms with van der Waals surface area (Å²) in [5.74, 6) is 0.324. The van der Waals surface area contributed by atoms with Crippen LogP contribution in [0.3, 0.4) is 0 Å². The zero-order chi connectivity index (χ0) is 21.3. The van der Waals surface area contributed by atoms with E-state index in [1.165, 1.54) is 6.07 Å². The van der Waals surface area contributed by atoms with Gasteiger partial charge >= 0.3 is 6.18 Å². The van der Waals surface area contributed by atoms with Gasteiger partial charge in [0.2, 0.25) is 5.88 Å². The summed E-state index contributed by atoms with van der Waals surface area (Å²) in [6.07, 6.45) is -3.31. The second-order valence-electron chi connectivity index (χ2n) is 7.11. The Morgan fingerprint density at radius 3 is 2.73 bits per heavy atom. The van der Waals surface area contributed by atoms with E-state index in [1.807, 2.05) is 17.0 Å². The van der Waals surface area contributed by atoms with E-state index in [-0.39, 0.29) is 12.0 Å². The highest BCUT2D eigenvalue weighted by Gasteiger charge is 2.31. The number of rotatable bonds is 5. The quantitative estimate of drug-likeness (QED) is 0.775. The van der Waals surface area contributed by atoms with Crippen LogP contribution < -0.4 is 20.7 Å². The normalized spacial score (nSPS) is 18.8. The maximum absolute atomic E-state index is 12.7. The van der Waals surface area contributed by atoms with Gasteiger partial charge in [-0.3, -0.25) is 9.79 Å².